The Balaban J connectivity index is 0.000000701. The quantitative estimate of drug-likeness (QED) is 0.316. The van der Waals surface area contributed by atoms with Gasteiger partial charge in [0.25, 0.3) is 0 Å². The molecule has 3 aromatic carbocycles. The van der Waals surface area contributed by atoms with Gasteiger partial charge in [0.2, 0.25) is 0 Å². The molecule has 0 radical (unpaired) electrons. The van der Waals surface area contributed by atoms with Crippen LogP contribution < -0.4 is 10.4 Å². The molecule has 0 spiro atoms. The Morgan fingerprint density at radius 3 is 2.32 bits per heavy atom. The number of aryl methyl sites for hydroxylation is 1. The zero-order valence-electron chi connectivity index (χ0n) is 15.9. The van der Waals surface area contributed by atoms with Gasteiger partial charge in [-0.25, -0.2) is 6.07 Å². The molecule has 0 saturated carbocycles. The minimum absolute atomic E-state index is 0.228. The van der Waals surface area contributed by atoms with E-state index in [1.54, 1.807) is 10.4 Å². The minimum atomic E-state index is -1.66. The number of benzene rings is 1. The molecule has 3 aromatic rings. The molecular formula is C21H26Cl2SiZr. The summed E-state index contributed by atoms with van der Waals surface area (Å²) in [6.07, 6.45) is 0. The Hall–Kier alpha value is -0.140. The van der Waals surface area contributed by atoms with Crippen LogP contribution in [-0.4, -0.2) is 8.07 Å². The summed E-state index contributed by atoms with van der Waals surface area (Å²) in [5, 5.41) is 5.95. The van der Waals surface area contributed by atoms with E-state index in [9.17, 15) is 0 Å². The molecule has 0 aliphatic rings. The van der Waals surface area contributed by atoms with Gasteiger partial charge in [-0.1, -0.05) is 52.3 Å². The van der Waals surface area contributed by atoms with Crippen LogP contribution in [0.5, 0.6) is 0 Å². The van der Waals surface area contributed by atoms with Crippen molar-refractivity contribution in [1.82, 2.24) is 0 Å². The molecule has 0 saturated heterocycles. The van der Waals surface area contributed by atoms with E-state index in [1.807, 2.05) is 0 Å². The van der Waals surface area contributed by atoms with Gasteiger partial charge in [0, 0.05) is 8.07 Å². The van der Waals surface area contributed by atoms with Crippen LogP contribution in [0.25, 0.3) is 10.8 Å². The predicted molar refractivity (Wildman–Crippen MR) is 113 cm³/mol. The van der Waals surface area contributed by atoms with E-state index in [4.69, 9.17) is 17.0 Å². The van der Waals surface area contributed by atoms with Crippen molar-refractivity contribution in [3.8, 4) is 0 Å². The first-order valence-corrected chi connectivity index (χ1v) is 17.8. The molecule has 0 fully saturated rings. The Morgan fingerprint density at radius 2 is 1.76 bits per heavy atom. The normalized spacial score (nSPS) is 11.8. The Morgan fingerprint density at radius 1 is 1.12 bits per heavy atom. The fourth-order valence-corrected chi connectivity index (χ4v) is 6.11. The van der Waals surface area contributed by atoms with E-state index in [2.05, 4.69) is 89.3 Å². The molecule has 0 aliphatic carbocycles. The van der Waals surface area contributed by atoms with E-state index < -0.39 is 28.9 Å². The first-order chi connectivity index (χ1) is 11.6. The van der Waals surface area contributed by atoms with Crippen molar-refractivity contribution in [2.24, 2.45) is 0 Å². The molecule has 0 heterocycles. The van der Waals surface area contributed by atoms with Crippen molar-refractivity contribution in [2.45, 2.75) is 46.2 Å². The van der Waals surface area contributed by atoms with Gasteiger partial charge in [-0.3, -0.25) is 0 Å². The SMILES string of the molecule is Cc1cc2cccc([Si](C)(C)[c-]3ccc(C(C)(C)C)c3)c2[cH-]1.[Cl][Zr+2][Cl]. The maximum absolute atomic E-state index is 4.93. The number of rotatable bonds is 2. The van der Waals surface area contributed by atoms with Crippen molar-refractivity contribution < 1.29 is 20.8 Å². The molecule has 0 atom stereocenters. The average molecular weight is 469 g/mol. The first-order valence-electron chi connectivity index (χ1n) is 8.51. The summed E-state index contributed by atoms with van der Waals surface area (Å²) in [4.78, 5) is 0. The summed E-state index contributed by atoms with van der Waals surface area (Å²) in [5.41, 5.74) is 3.05. The van der Waals surface area contributed by atoms with E-state index in [1.165, 1.54) is 21.9 Å². The molecule has 0 unspecified atom stereocenters. The first kappa shape index (κ1) is 21.2. The summed E-state index contributed by atoms with van der Waals surface area (Å²) in [7, 11) is 8.20. The van der Waals surface area contributed by atoms with Crippen molar-refractivity contribution >= 4 is 46.2 Å². The van der Waals surface area contributed by atoms with E-state index in [0.29, 0.717) is 0 Å². The summed E-state index contributed by atoms with van der Waals surface area (Å²) < 4.78 is 0. The summed E-state index contributed by atoms with van der Waals surface area (Å²) in [6.45, 7) is 14.0. The van der Waals surface area contributed by atoms with Gasteiger partial charge in [-0.2, -0.15) is 28.9 Å². The number of hydrogen-bond donors (Lipinski definition) is 0. The Labute approximate surface area is 171 Å². The molecule has 132 valence electrons. The molecule has 25 heavy (non-hydrogen) atoms. The molecule has 0 bridgehead atoms. The fourth-order valence-electron chi connectivity index (χ4n) is 3.38. The van der Waals surface area contributed by atoms with Gasteiger partial charge >= 0.3 is 37.9 Å². The van der Waals surface area contributed by atoms with Gasteiger partial charge in [-0.05, 0) is 0 Å². The van der Waals surface area contributed by atoms with E-state index in [0.717, 1.165) is 0 Å². The van der Waals surface area contributed by atoms with Crippen molar-refractivity contribution in [1.29, 1.82) is 0 Å². The van der Waals surface area contributed by atoms with Crippen LogP contribution in [0.15, 0.2) is 48.5 Å². The van der Waals surface area contributed by atoms with Gasteiger partial charge in [-0.15, -0.1) is 39.7 Å². The van der Waals surface area contributed by atoms with Crippen LogP contribution in [0, 0.1) is 6.92 Å². The van der Waals surface area contributed by atoms with Crippen LogP contribution in [0.3, 0.4) is 0 Å². The van der Waals surface area contributed by atoms with E-state index >= 15 is 0 Å². The monoisotopic (exact) mass is 466 g/mol. The summed E-state index contributed by atoms with van der Waals surface area (Å²) in [6, 6.07) is 18.6. The molecule has 4 heteroatoms. The zero-order chi connectivity index (χ0) is 18.8. The molecule has 3 rings (SSSR count). The topological polar surface area (TPSA) is 0 Å². The van der Waals surface area contributed by atoms with Gasteiger partial charge < -0.3 is 0 Å². The summed E-state index contributed by atoms with van der Waals surface area (Å²) in [5.74, 6) is 0. The second-order valence-electron chi connectivity index (χ2n) is 8.18. The number of fused-ring (bicyclic) bond motifs is 1. The van der Waals surface area contributed by atoms with Gasteiger partial charge in [0.15, 0.2) is 0 Å². The van der Waals surface area contributed by atoms with Crippen molar-refractivity contribution in [3.05, 3.63) is 59.7 Å². The number of hydrogen-bond acceptors (Lipinski definition) is 0. The molecule has 0 amide bonds. The molecular weight excluding hydrogens is 442 g/mol. The van der Waals surface area contributed by atoms with Crippen molar-refractivity contribution in [3.63, 3.8) is 0 Å². The van der Waals surface area contributed by atoms with E-state index in [-0.39, 0.29) is 5.41 Å². The van der Waals surface area contributed by atoms with Gasteiger partial charge in [0.1, 0.15) is 0 Å². The zero-order valence-corrected chi connectivity index (χ0v) is 20.8. The fraction of sp³-hybridized carbons (Fsp3) is 0.333. The molecule has 0 nitrogen and oxygen atoms in total. The number of halogens is 2. The third-order valence-corrected chi connectivity index (χ3v) is 8.45. The second-order valence-corrected chi connectivity index (χ2v) is 16.3. The van der Waals surface area contributed by atoms with Crippen LogP contribution in [0.1, 0.15) is 31.9 Å². The third-order valence-electron chi connectivity index (χ3n) is 4.91. The standard InChI is InChI=1S/C21H26Si.2ClH.Zr/c1-15-12-16-8-7-9-20(19(16)13-15)22(5,6)18-11-10-17(14-18)21(2,3)4;;;/h7-14H,1-6H3;2*1H;/q-2;;;+4/p-2. The van der Waals surface area contributed by atoms with Crippen LogP contribution in [-0.2, 0) is 26.3 Å². The van der Waals surface area contributed by atoms with Crippen LogP contribution in [0.4, 0.5) is 0 Å². The molecule has 0 N–H and O–H groups in total. The second kappa shape index (κ2) is 8.26. The third kappa shape index (κ3) is 4.78. The van der Waals surface area contributed by atoms with Crippen LogP contribution in [0.2, 0.25) is 13.1 Å². The summed E-state index contributed by atoms with van der Waals surface area (Å²) >= 11 is -0.826. The Bertz CT molecular complexity index is 837. The maximum atomic E-state index is 4.93. The molecule has 0 aliphatic heterocycles. The Kier molecular flexibility index (Phi) is 6.99. The average Bonchev–Trinajstić information content (AvgIpc) is 3.12. The van der Waals surface area contributed by atoms with Gasteiger partial charge in [0.05, 0.1) is 0 Å². The van der Waals surface area contributed by atoms with Crippen molar-refractivity contribution in [2.75, 3.05) is 0 Å². The van der Waals surface area contributed by atoms with Crippen LogP contribution >= 0.6 is 17.0 Å². The predicted octanol–water partition coefficient (Wildman–Crippen LogP) is 6.08. The molecule has 0 aromatic heterocycles.